The Morgan fingerprint density at radius 1 is 1.45 bits per heavy atom. The number of imidazole rings is 1. The number of ether oxygens (including phenoxy) is 1. The lowest BCUT2D eigenvalue weighted by atomic mass is 10.1. The van der Waals surface area contributed by atoms with Gasteiger partial charge in [0.05, 0.1) is 13.4 Å². The fourth-order valence-electron chi connectivity index (χ4n) is 2.10. The van der Waals surface area contributed by atoms with Crippen molar-refractivity contribution in [3.05, 3.63) is 48.3 Å². The van der Waals surface area contributed by atoms with E-state index in [2.05, 4.69) is 10.3 Å². The molecular formula is C15H20FN3O. The lowest BCUT2D eigenvalue weighted by Crippen LogP contribution is -2.21. The van der Waals surface area contributed by atoms with Crippen LogP contribution in [0.2, 0.25) is 0 Å². The lowest BCUT2D eigenvalue weighted by molar-refractivity contribution is 0.409. The second-order valence-corrected chi connectivity index (χ2v) is 4.72. The molecule has 5 heteroatoms. The van der Waals surface area contributed by atoms with Gasteiger partial charge in [-0.15, -0.1) is 0 Å². The number of aryl methyl sites for hydroxylation is 1. The number of benzene rings is 1. The minimum absolute atomic E-state index is 0.0244. The molecule has 1 aromatic heterocycles. The van der Waals surface area contributed by atoms with Gasteiger partial charge in [0.1, 0.15) is 11.6 Å². The number of methoxy groups -OCH3 is 1. The summed E-state index contributed by atoms with van der Waals surface area (Å²) in [5.74, 6) is 0.303. The van der Waals surface area contributed by atoms with E-state index < -0.39 is 0 Å². The quantitative estimate of drug-likeness (QED) is 0.791. The summed E-state index contributed by atoms with van der Waals surface area (Å²) in [5, 5.41) is 3.33. The van der Waals surface area contributed by atoms with Crippen LogP contribution in [0.1, 0.15) is 24.9 Å². The normalized spacial score (nSPS) is 12.3. The van der Waals surface area contributed by atoms with Gasteiger partial charge in [0.15, 0.2) is 0 Å². The van der Waals surface area contributed by atoms with E-state index in [-0.39, 0.29) is 11.9 Å². The van der Waals surface area contributed by atoms with Gasteiger partial charge in [0, 0.05) is 36.6 Å². The van der Waals surface area contributed by atoms with E-state index in [9.17, 15) is 4.39 Å². The predicted octanol–water partition coefficient (Wildman–Crippen LogP) is 2.77. The smallest absolute Gasteiger partial charge is 0.131 e. The van der Waals surface area contributed by atoms with Crippen LogP contribution in [-0.2, 0) is 6.54 Å². The fraction of sp³-hybridized carbons (Fsp3) is 0.400. The highest BCUT2D eigenvalue weighted by Crippen LogP contribution is 2.21. The third-order valence-corrected chi connectivity index (χ3v) is 3.28. The van der Waals surface area contributed by atoms with E-state index in [1.165, 1.54) is 13.2 Å². The molecule has 1 aromatic carbocycles. The number of hydrogen-bond acceptors (Lipinski definition) is 3. The first kappa shape index (κ1) is 14.5. The number of nitrogens with zero attached hydrogens (tertiary/aromatic N) is 2. The molecule has 1 N–H and O–H groups in total. The number of aromatic nitrogens is 2. The Kier molecular flexibility index (Phi) is 5.12. The summed E-state index contributed by atoms with van der Waals surface area (Å²) in [5.41, 5.74) is 0.661. The number of halogens is 1. The first-order chi connectivity index (χ1) is 9.70. The van der Waals surface area contributed by atoms with Crippen LogP contribution in [0, 0.1) is 5.82 Å². The summed E-state index contributed by atoms with van der Waals surface area (Å²) in [6.45, 7) is 3.69. The standard InChI is InChI=1S/C15H20FN3O/c1-12(14-5-4-13(20-2)10-15(14)16)18-6-3-8-19-9-7-17-11-19/h4-5,7,9-12,18H,3,6,8H2,1-2H3. The van der Waals surface area contributed by atoms with Gasteiger partial charge in [-0.2, -0.15) is 0 Å². The number of nitrogens with one attached hydrogen (secondary N) is 1. The molecule has 1 unspecified atom stereocenters. The zero-order chi connectivity index (χ0) is 14.4. The third-order valence-electron chi connectivity index (χ3n) is 3.28. The zero-order valence-electron chi connectivity index (χ0n) is 11.8. The summed E-state index contributed by atoms with van der Waals surface area (Å²) >= 11 is 0. The molecule has 20 heavy (non-hydrogen) atoms. The maximum atomic E-state index is 13.9. The highest BCUT2D eigenvalue weighted by Gasteiger charge is 2.10. The molecule has 0 fully saturated rings. The molecule has 0 aliphatic heterocycles. The molecule has 0 spiro atoms. The van der Waals surface area contributed by atoms with Crippen LogP contribution in [0.3, 0.4) is 0 Å². The summed E-state index contributed by atoms with van der Waals surface area (Å²) in [6.07, 6.45) is 6.47. The van der Waals surface area contributed by atoms with Crippen LogP contribution >= 0.6 is 0 Å². The van der Waals surface area contributed by atoms with Crippen LogP contribution in [0.15, 0.2) is 36.9 Å². The van der Waals surface area contributed by atoms with E-state index in [1.807, 2.05) is 17.7 Å². The summed E-state index contributed by atoms with van der Waals surface area (Å²) in [4.78, 5) is 3.99. The van der Waals surface area contributed by atoms with E-state index >= 15 is 0 Å². The Bertz CT molecular complexity index is 528. The van der Waals surface area contributed by atoms with Gasteiger partial charge in [-0.1, -0.05) is 6.07 Å². The summed E-state index contributed by atoms with van der Waals surface area (Å²) in [6, 6.07) is 4.94. The van der Waals surface area contributed by atoms with Crippen molar-refractivity contribution in [2.24, 2.45) is 0 Å². The van der Waals surface area contributed by atoms with Gasteiger partial charge in [0.2, 0.25) is 0 Å². The van der Waals surface area contributed by atoms with Crippen molar-refractivity contribution in [1.82, 2.24) is 14.9 Å². The topological polar surface area (TPSA) is 39.1 Å². The first-order valence-corrected chi connectivity index (χ1v) is 6.73. The molecule has 1 heterocycles. The van der Waals surface area contributed by atoms with E-state index in [0.717, 1.165) is 19.5 Å². The van der Waals surface area contributed by atoms with Crippen molar-refractivity contribution in [3.8, 4) is 5.75 Å². The molecule has 2 aromatic rings. The van der Waals surface area contributed by atoms with E-state index in [4.69, 9.17) is 4.74 Å². The van der Waals surface area contributed by atoms with Crippen LogP contribution in [0.5, 0.6) is 5.75 Å². The average Bonchev–Trinajstić information content (AvgIpc) is 2.96. The molecule has 108 valence electrons. The second kappa shape index (κ2) is 7.05. The highest BCUT2D eigenvalue weighted by molar-refractivity contribution is 5.30. The highest BCUT2D eigenvalue weighted by atomic mass is 19.1. The Morgan fingerprint density at radius 2 is 2.30 bits per heavy atom. The summed E-state index contributed by atoms with van der Waals surface area (Å²) in [7, 11) is 1.53. The fourth-order valence-corrected chi connectivity index (χ4v) is 2.10. The van der Waals surface area contributed by atoms with Gasteiger partial charge in [0.25, 0.3) is 0 Å². The SMILES string of the molecule is COc1ccc(C(C)NCCCn2ccnc2)c(F)c1. The van der Waals surface area contributed by atoms with Crippen molar-refractivity contribution >= 4 is 0 Å². The Labute approximate surface area is 118 Å². The minimum atomic E-state index is -0.237. The molecular weight excluding hydrogens is 257 g/mol. The van der Waals surface area contributed by atoms with Gasteiger partial charge in [-0.3, -0.25) is 0 Å². The number of rotatable bonds is 7. The van der Waals surface area contributed by atoms with Crippen molar-refractivity contribution < 1.29 is 9.13 Å². The Morgan fingerprint density at radius 3 is 2.95 bits per heavy atom. The van der Waals surface area contributed by atoms with Crippen molar-refractivity contribution in [1.29, 1.82) is 0 Å². The zero-order valence-corrected chi connectivity index (χ0v) is 11.8. The molecule has 0 bridgehead atoms. The van der Waals surface area contributed by atoms with E-state index in [0.29, 0.717) is 11.3 Å². The molecule has 0 saturated carbocycles. The molecule has 2 rings (SSSR count). The first-order valence-electron chi connectivity index (χ1n) is 6.73. The van der Waals surface area contributed by atoms with Gasteiger partial charge < -0.3 is 14.6 Å². The lowest BCUT2D eigenvalue weighted by Gasteiger charge is -2.15. The molecule has 4 nitrogen and oxygen atoms in total. The summed E-state index contributed by atoms with van der Waals surface area (Å²) < 4.78 is 20.9. The Balaban J connectivity index is 1.80. The maximum absolute atomic E-state index is 13.9. The average molecular weight is 277 g/mol. The molecule has 1 atom stereocenters. The van der Waals surface area contributed by atoms with E-state index in [1.54, 1.807) is 24.7 Å². The predicted molar refractivity (Wildman–Crippen MR) is 76.2 cm³/mol. The number of hydrogen-bond donors (Lipinski definition) is 1. The molecule has 0 aliphatic carbocycles. The Hall–Kier alpha value is -1.88. The van der Waals surface area contributed by atoms with Crippen LogP contribution in [-0.4, -0.2) is 23.2 Å². The van der Waals surface area contributed by atoms with Crippen LogP contribution in [0.4, 0.5) is 4.39 Å². The second-order valence-electron chi connectivity index (χ2n) is 4.72. The third kappa shape index (κ3) is 3.81. The maximum Gasteiger partial charge on any atom is 0.131 e. The van der Waals surface area contributed by atoms with Crippen LogP contribution < -0.4 is 10.1 Å². The molecule has 0 aliphatic rings. The minimum Gasteiger partial charge on any atom is -0.497 e. The van der Waals surface area contributed by atoms with Crippen molar-refractivity contribution in [3.63, 3.8) is 0 Å². The van der Waals surface area contributed by atoms with Crippen molar-refractivity contribution in [2.75, 3.05) is 13.7 Å². The van der Waals surface area contributed by atoms with Crippen LogP contribution in [0.25, 0.3) is 0 Å². The van der Waals surface area contributed by atoms with Gasteiger partial charge in [-0.05, 0) is 26.0 Å². The van der Waals surface area contributed by atoms with Gasteiger partial charge >= 0.3 is 0 Å². The largest absolute Gasteiger partial charge is 0.497 e. The molecule has 0 amide bonds. The molecule has 0 saturated heterocycles. The van der Waals surface area contributed by atoms with Gasteiger partial charge in [-0.25, -0.2) is 9.37 Å². The molecule has 0 radical (unpaired) electrons. The van der Waals surface area contributed by atoms with Crippen molar-refractivity contribution in [2.45, 2.75) is 25.9 Å². The monoisotopic (exact) mass is 277 g/mol.